The maximum Gasteiger partial charge on any atom is 0.200 e. The van der Waals surface area contributed by atoms with Gasteiger partial charge in [0.25, 0.3) is 0 Å². The zero-order valence-electron chi connectivity index (χ0n) is 20.1. The molecule has 0 aliphatic heterocycles. The fraction of sp³-hybridized carbons (Fsp3) is 0.724. The SMILES string of the molecule is C/C=C/C1CCC(C2CCC(C3CCC(c4ccc(OCC)c(F)c4F)CC3)CC2)CC1. The second-order valence-electron chi connectivity index (χ2n) is 10.7. The van der Waals surface area contributed by atoms with E-state index in [1.54, 1.807) is 19.1 Å². The van der Waals surface area contributed by atoms with Crippen molar-refractivity contribution >= 4 is 0 Å². The van der Waals surface area contributed by atoms with E-state index in [1.165, 1.54) is 64.2 Å². The van der Waals surface area contributed by atoms with Gasteiger partial charge in [-0.15, -0.1) is 0 Å². The second-order valence-corrected chi connectivity index (χ2v) is 10.7. The van der Waals surface area contributed by atoms with Gasteiger partial charge in [0, 0.05) is 0 Å². The summed E-state index contributed by atoms with van der Waals surface area (Å²) in [5.74, 6) is 3.07. The minimum absolute atomic E-state index is 0.0366. The number of benzene rings is 1. The van der Waals surface area contributed by atoms with E-state index in [4.69, 9.17) is 4.74 Å². The van der Waals surface area contributed by atoms with Gasteiger partial charge in [-0.3, -0.25) is 0 Å². The van der Waals surface area contributed by atoms with Crippen LogP contribution in [0.25, 0.3) is 0 Å². The molecule has 0 radical (unpaired) electrons. The third kappa shape index (κ3) is 5.39. The molecule has 0 unspecified atom stereocenters. The van der Waals surface area contributed by atoms with Crippen LogP contribution < -0.4 is 4.74 Å². The van der Waals surface area contributed by atoms with E-state index in [-0.39, 0.29) is 11.7 Å². The Labute approximate surface area is 194 Å². The van der Waals surface area contributed by atoms with Crippen LogP contribution in [0.15, 0.2) is 24.3 Å². The Kier molecular flexibility index (Phi) is 8.29. The number of allylic oxidation sites excluding steroid dienone is 2. The lowest BCUT2D eigenvalue weighted by atomic mass is 9.64. The molecule has 0 atom stereocenters. The summed E-state index contributed by atoms with van der Waals surface area (Å²) in [6, 6.07) is 3.36. The van der Waals surface area contributed by atoms with Gasteiger partial charge < -0.3 is 4.74 Å². The average Bonchev–Trinajstić information content (AvgIpc) is 2.83. The molecule has 3 heteroatoms. The quantitative estimate of drug-likeness (QED) is 0.398. The van der Waals surface area contributed by atoms with E-state index in [0.29, 0.717) is 12.2 Å². The van der Waals surface area contributed by atoms with Crippen LogP contribution >= 0.6 is 0 Å². The number of halogens is 2. The van der Waals surface area contributed by atoms with Crippen LogP contribution in [0.1, 0.15) is 102 Å². The summed E-state index contributed by atoms with van der Waals surface area (Å²) in [4.78, 5) is 0. The molecule has 0 N–H and O–H groups in total. The van der Waals surface area contributed by atoms with Crippen LogP contribution in [-0.4, -0.2) is 6.61 Å². The third-order valence-corrected chi connectivity index (χ3v) is 9.02. The van der Waals surface area contributed by atoms with E-state index >= 15 is 0 Å². The molecule has 178 valence electrons. The minimum Gasteiger partial charge on any atom is -0.491 e. The third-order valence-electron chi connectivity index (χ3n) is 9.02. The number of rotatable bonds is 6. The first-order chi connectivity index (χ1) is 15.6. The van der Waals surface area contributed by atoms with Crippen molar-refractivity contribution in [2.75, 3.05) is 6.61 Å². The summed E-state index contributed by atoms with van der Waals surface area (Å²) in [7, 11) is 0. The smallest absolute Gasteiger partial charge is 0.200 e. The maximum atomic E-state index is 14.7. The number of ether oxygens (including phenoxy) is 1. The highest BCUT2D eigenvalue weighted by Crippen LogP contribution is 2.47. The number of hydrogen-bond donors (Lipinski definition) is 0. The molecule has 1 nitrogen and oxygen atoms in total. The monoisotopic (exact) mass is 444 g/mol. The van der Waals surface area contributed by atoms with Gasteiger partial charge in [0.1, 0.15) is 0 Å². The lowest BCUT2D eigenvalue weighted by molar-refractivity contribution is 0.114. The first-order valence-corrected chi connectivity index (χ1v) is 13.3. The molecule has 0 heterocycles. The van der Waals surface area contributed by atoms with Gasteiger partial charge in [-0.05, 0) is 138 Å². The molecule has 0 aromatic heterocycles. The minimum atomic E-state index is -0.815. The molecule has 3 aliphatic carbocycles. The highest BCUT2D eigenvalue weighted by molar-refractivity contribution is 5.33. The van der Waals surface area contributed by atoms with E-state index in [9.17, 15) is 8.78 Å². The Morgan fingerprint density at radius 1 is 0.750 bits per heavy atom. The molecule has 32 heavy (non-hydrogen) atoms. The van der Waals surface area contributed by atoms with Crippen molar-refractivity contribution in [3.63, 3.8) is 0 Å². The summed E-state index contributed by atoms with van der Waals surface area (Å²) in [5, 5.41) is 0. The topological polar surface area (TPSA) is 9.23 Å². The zero-order chi connectivity index (χ0) is 22.5. The highest BCUT2D eigenvalue weighted by Gasteiger charge is 2.35. The van der Waals surface area contributed by atoms with Gasteiger partial charge in [0.05, 0.1) is 6.61 Å². The normalized spacial score (nSPS) is 34.0. The summed E-state index contributed by atoms with van der Waals surface area (Å²) in [5.41, 5.74) is 0.557. The Bertz CT molecular complexity index is 749. The Balaban J connectivity index is 1.24. The summed E-state index contributed by atoms with van der Waals surface area (Å²) < 4.78 is 34.2. The molecule has 0 amide bonds. The van der Waals surface area contributed by atoms with Gasteiger partial charge in [0.15, 0.2) is 11.6 Å². The predicted octanol–water partition coefficient (Wildman–Crippen LogP) is 8.83. The van der Waals surface area contributed by atoms with Gasteiger partial charge in [-0.1, -0.05) is 18.2 Å². The van der Waals surface area contributed by atoms with Crippen molar-refractivity contribution in [1.29, 1.82) is 0 Å². The molecule has 0 bridgehead atoms. The molecule has 4 rings (SSSR count). The average molecular weight is 445 g/mol. The molecule has 3 aliphatic rings. The van der Waals surface area contributed by atoms with Gasteiger partial charge >= 0.3 is 0 Å². The Morgan fingerprint density at radius 3 is 1.75 bits per heavy atom. The van der Waals surface area contributed by atoms with Crippen LogP contribution in [0, 0.1) is 41.2 Å². The van der Waals surface area contributed by atoms with Crippen molar-refractivity contribution in [2.24, 2.45) is 29.6 Å². The van der Waals surface area contributed by atoms with Crippen LogP contribution in [0.4, 0.5) is 8.78 Å². The molecule has 0 spiro atoms. The van der Waals surface area contributed by atoms with Crippen molar-refractivity contribution in [1.82, 2.24) is 0 Å². The van der Waals surface area contributed by atoms with Crippen LogP contribution in [0.5, 0.6) is 5.75 Å². The van der Waals surface area contributed by atoms with Crippen LogP contribution in [0.2, 0.25) is 0 Å². The molecule has 0 saturated heterocycles. The Hall–Kier alpha value is -1.38. The first kappa shape index (κ1) is 23.8. The van der Waals surface area contributed by atoms with Gasteiger partial charge in [-0.25, -0.2) is 4.39 Å². The van der Waals surface area contributed by atoms with Gasteiger partial charge in [-0.2, -0.15) is 4.39 Å². The Morgan fingerprint density at radius 2 is 1.25 bits per heavy atom. The highest BCUT2D eigenvalue weighted by atomic mass is 19.2. The molecule has 1 aromatic rings. The summed E-state index contributed by atoms with van der Waals surface area (Å²) >= 11 is 0. The molecular formula is C29H42F2O. The van der Waals surface area contributed by atoms with E-state index in [2.05, 4.69) is 19.1 Å². The molecule has 3 fully saturated rings. The van der Waals surface area contributed by atoms with Crippen molar-refractivity contribution in [2.45, 2.75) is 96.8 Å². The van der Waals surface area contributed by atoms with Crippen molar-refractivity contribution in [3.05, 3.63) is 41.5 Å². The van der Waals surface area contributed by atoms with Crippen molar-refractivity contribution in [3.8, 4) is 5.75 Å². The predicted molar refractivity (Wildman–Crippen MR) is 128 cm³/mol. The van der Waals surface area contributed by atoms with E-state index < -0.39 is 11.6 Å². The standard InChI is InChI=1S/C29H42F2O/c1-3-5-20-6-8-21(9-7-20)22-10-12-23(13-11-22)24-14-16-25(17-15-24)26-18-19-27(32-4-2)29(31)28(26)30/h3,5,18-25H,4,6-17H2,1-2H3/b5-3+. The maximum absolute atomic E-state index is 14.7. The molecule has 3 saturated carbocycles. The van der Waals surface area contributed by atoms with E-state index in [0.717, 1.165) is 42.4 Å². The first-order valence-electron chi connectivity index (χ1n) is 13.3. The van der Waals surface area contributed by atoms with Crippen LogP contribution in [-0.2, 0) is 0 Å². The summed E-state index contributed by atoms with van der Waals surface area (Å²) in [6.07, 6.45) is 20.2. The summed E-state index contributed by atoms with van der Waals surface area (Å²) in [6.45, 7) is 4.28. The fourth-order valence-corrected chi connectivity index (χ4v) is 7.20. The van der Waals surface area contributed by atoms with E-state index in [1.807, 2.05) is 0 Å². The lowest BCUT2D eigenvalue weighted by Crippen LogP contribution is -2.29. The fourth-order valence-electron chi connectivity index (χ4n) is 7.20. The second kappa shape index (κ2) is 11.2. The van der Waals surface area contributed by atoms with Crippen molar-refractivity contribution < 1.29 is 13.5 Å². The largest absolute Gasteiger partial charge is 0.491 e. The molecule has 1 aromatic carbocycles. The molecular weight excluding hydrogens is 402 g/mol. The number of hydrogen-bond acceptors (Lipinski definition) is 1. The zero-order valence-corrected chi connectivity index (χ0v) is 20.1. The lowest BCUT2D eigenvalue weighted by Gasteiger charge is -2.41. The van der Waals surface area contributed by atoms with Gasteiger partial charge in [0.2, 0.25) is 5.82 Å². The van der Waals surface area contributed by atoms with Crippen LogP contribution in [0.3, 0.4) is 0 Å².